The average molecular weight is 540 g/mol. The fraction of sp³-hybridized carbons (Fsp3) is 0.194. The summed E-state index contributed by atoms with van der Waals surface area (Å²) in [5.74, 6) is -0.783. The molecule has 0 saturated heterocycles. The standard InChI is InChI=1S/C31H29N3O4S/c1-4-38-26-18-12-11-17-24(26)29-25(19-32)30(33-21(2)28(29)31(36)37-3)39-20-27(35)34(22-13-7-5-8-14-22)23-15-9-6-10-16-23/h5-18,29,33H,4,20H2,1-3H3. The van der Waals surface area contributed by atoms with Crippen LogP contribution in [-0.2, 0) is 14.3 Å². The molecule has 1 heterocycles. The summed E-state index contributed by atoms with van der Waals surface area (Å²) in [6.07, 6.45) is 0. The van der Waals surface area contributed by atoms with Gasteiger partial charge in [-0.05, 0) is 44.2 Å². The summed E-state index contributed by atoms with van der Waals surface area (Å²) in [5.41, 5.74) is 3.36. The van der Waals surface area contributed by atoms with Gasteiger partial charge in [-0.15, -0.1) is 0 Å². The predicted octanol–water partition coefficient (Wildman–Crippen LogP) is 6.05. The molecule has 0 bridgehead atoms. The molecule has 1 aliphatic heterocycles. The van der Waals surface area contributed by atoms with Gasteiger partial charge >= 0.3 is 5.97 Å². The number of rotatable bonds is 9. The maximum absolute atomic E-state index is 13.6. The Balaban J connectivity index is 1.72. The molecule has 1 N–H and O–H groups in total. The van der Waals surface area contributed by atoms with Gasteiger partial charge in [-0.2, -0.15) is 5.26 Å². The highest BCUT2D eigenvalue weighted by Gasteiger charge is 2.37. The summed E-state index contributed by atoms with van der Waals surface area (Å²) in [7, 11) is 1.31. The molecule has 1 atom stereocenters. The smallest absolute Gasteiger partial charge is 0.336 e. The fourth-order valence-corrected chi connectivity index (χ4v) is 5.45. The number of nitrogens with zero attached hydrogens (tertiary/aromatic N) is 2. The van der Waals surface area contributed by atoms with Crippen molar-refractivity contribution in [3.05, 3.63) is 112 Å². The van der Waals surface area contributed by atoms with Crippen molar-refractivity contribution in [2.45, 2.75) is 19.8 Å². The summed E-state index contributed by atoms with van der Waals surface area (Å²) in [4.78, 5) is 28.2. The third kappa shape index (κ3) is 6.00. The molecule has 0 fully saturated rings. The lowest BCUT2D eigenvalue weighted by Crippen LogP contribution is -2.31. The van der Waals surface area contributed by atoms with E-state index in [4.69, 9.17) is 9.47 Å². The Bertz CT molecular complexity index is 1410. The normalized spacial score (nSPS) is 14.8. The van der Waals surface area contributed by atoms with Crippen molar-refractivity contribution in [3.63, 3.8) is 0 Å². The largest absolute Gasteiger partial charge is 0.494 e. The van der Waals surface area contributed by atoms with Gasteiger partial charge in [0.2, 0.25) is 5.91 Å². The molecule has 3 aromatic rings. The number of anilines is 2. The van der Waals surface area contributed by atoms with Gasteiger partial charge in [-0.1, -0.05) is 66.4 Å². The van der Waals surface area contributed by atoms with Crippen molar-refractivity contribution in [2.75, 3.05) is 24.4 Å². The van der Waals surface area contributed by atoms with Crippen LogP contribution in [0.1, 0.15) is 25.3 Å². The van der Waals surface area contributed by atoms with Gasteiger partial charge in [0.1, 0.15) is 5.75 Å². The third-order valence-electron chi connectivity index (χ3n) is 6.20. The number of carbonyl (C=O) groups excluding carboxylic acids is 2. The van der Waals surface area contributed by atoms with Crippen LogP contribution < -0.4 is 15.0 Å². The van der Waals surface area contributed by atoms with Crippen LogP contribution in [0.25, 0.3) is 0 Å². The maximum Gasteiger partial charge on any atom is 0.336 e. The van der Waals surface area contributed by atoms with E-state index in [0.29, 0.717) is 39.8 Å². The molecule has 1 amide bonds. The number of thioether (sulfide) groups is 1. The molecule has 1 aliphatic rings. The third-order valence-corrected chi connectivity index (χ3v) is 7.20. The van der Waals surface area contributed by atoms with E-state index in [1.165, 1.54) is 18.9 Å². The maximum atomic E-state index is 13.6. The lowest BCUT2D eigenvalue weighted by molar-refractivity contribution is -0.136. The lowest BCUT2D eigenvalue weighted by atomic mass is 9.82. The first kappa shape index (κ1) is 27.6. The first-order valence-corrected chi connectivity index (χ1v) is 13.5. The molecule has 0 aliphatic carbocycles. The Hall–Kier alpha value is -4.48. The van der Waals surface area contributed by atoms with Crippen LogP contribution in [0.2, 0.25) is 0 Å². The Morgan fingerprint density at radius 3 is 2.13 bits per heavy atom. The highest BCUT2D eigenvalue weighted by Crippen LogP contribution is 2.44. The summed E-state index contributed by atoms with van der Waals surface area (Å²) < 4.78 is 10.9. The molecule has 8 heteroatoms. The van der Waals surface area contributed by atoms with Gasteiger partial charge < -0.3 is 14.8 Å². The number of ether oxygens (including phenoxy) is 2. The summed E-state index contributed by atoms with van der Waals surface area (Å²) >= 11 is 1.23. The Morgan fingerprint density at radius 1 is 0.974 bits per heavy atom. The highest BCUT2D eigenvalue weighted by atomic mass is 32.2. The van der Waals surface area contributed by atoms with Gasteiger partial charge in [0.25, 0.3) is 0 Å². The minimum atomic E-state index is -0.719. The number of nitrogens with one attached hydrogen (secondary N) is 1. The zero-order chi connectivity index (χ0) is 27.8. The summed E-state index contributed by atoms with van der Waals surface area (Å²) in [6.45, 7) is 4.06. The Morgan fingerprint density at radius 2 is 1.56 bits per heavy atom. The van der Waals surface area contributed by atoms with E-state index in [2.05, 4.69) is 11.4 Å². The van der Waals surface area contributed by atoms with Crippen molar-refractivity contribution in [1.82, 2.24) is 5.32 Å². The predicted molar refractivity (Wildman–Crippen MR) is 153 cm³/mol. The number of hydrogen-bond acceptors (Lipinski definition) is 7. The van der Waals surface area contributed by atoms with Crippen molar-refractivity contribution >= 4 is 35.0 Å². The van der Waals surface area contributed by atoms with Gasteiger partial charge in [0.05, 0.1) is 47.6 Å². The molecule has 39 heavy (non-hydrogen) atoms. The number of esters is 1. The molecular formula is C31H29N3O4S. The number of para-hydroxylation sites is 3. The van der Waals surface area contributed by atoms with Gasteiger partial charge in [-0.3, -0.25) is 9.69 Å². The van der Waals surface area contributed by atoms with Crippen molar-refractivity contribution in [1.29, 1.82) is 5.26 Å². The SMILES string of the molecule is CCOc1ccccc1C1C(C#N)=C(SCC(=O)N(c2ccccc2)c2ccccc2)NC(C)=C1C(=O)OC. The number of benzene rings is 3. The van der Waals surface area contributed by atoms with Crippen molar-refractivity contribution in [3.8, 4) is 11.8 Å². The van der Waals surface area contributed by atoms with Crippen LogP contribution in [0.3, 0.4) is 0 Å². The Labute approximate surface area is 232 Å². The topological polar surface area (TPSA) is 91.7 Å². The molecule has 7 nitrogen and oxygen atoms in total. The number of dihydropyridines is 1. The molecule has 0 radical (unpaired) electrons. The highest BCUT2D eigenvalue weighted by molar-refractivity contribution is 8.03. The molecular weight excluding hydrogens is 510 g/mol. The lowest BCUT2D eigenvalue weighted by Gasteiger charge is -2.30. The van der Waals surface area contributed by atoms with E-state index in [9.17, 15) is 14.9 Å². The second-order valence-electron chi connectivity index (χ2n) is 8.60. The van der Waals surface area contributed by atoms with Crippen LogP contribution in [0.5, 0.6) is 5.75 Å². The molecule has 4 rings (SSSR count). The monoisotopic (exact) mass is 539 g/mol. The van der Waals surface area contributed by atoms with Crippen LogP contribution in [-0.4, -0.2) is 31.3 Å². The van der Waals surface area contributed by atoms with E-state index in [1.54, 1.807) is 11.8 Å². The average Bonchev–Trinajstić information content (AvgIpc) is 2.97. The minimum Gasteiger partial charge on any atom is -0.494 e. The number of hydrogen-bond donors (Lipinski definition) is 1. The van der Waals surface area contributed by atoms with E-state index < -0.39 is 11.9 Å². The van der Waals surface area contributed by atoms with E-state index in [1.807, 2.05) is 91.9 Å². The van der Waals surface area contributed by atoms with Crippen LogP contribution >= 0.6 is 11.8 Å². The summed E-state index contributed by atoms with van der Waals surface area (Å²) in [5, 5.41) is 14.0. The van der Waals surface area contributed by atoms with Gasteiger partial charge in [0, 0.05) is 22.6 Å². The zero-order valence-electron chi connectivity index (χ0n) is 22.0. The number of allylic oxidation sites excluding steroid dienone is 2. The number of amides is 1. The van der Waals surface area contributed by atoms with Gasteiger partial charge in [0.15, 0.2) is 0 Å². The van der Waals surface area contributed by atoms with Crippen molar-refractivity contribution in [2.24, 2.45) is 0 Å². The Kier molecular flexibility index (Phi) is 9.08. The van der Waals surface area contributed by atoms with Crippen LogP contribution in [0.15, 0.2) is 107 Å². The minimum absolute atomic E-state index is 0.0535. The van der Waals surface area contributed by atoms with E-state index >= 15 is 0 Å². The first-order valence-electron chi connectivity index (χ1n) is 12.5. The van der Waals surface area contributed by atoms with Crippen LogP contribution in [0, 0.1) is 11.3 Å². The van der Waals surface area contributed by atoms with Gasteiger partial charge in [-0.25, -0.2) is 4.79 Å². The second-order valence-corrected chi connectivity index (χ2v) is 9.59. The molecule has 3 aromatic carbocycles. The molecule has 0 spiro atoms. The number of carbonyl (C=O) groups is 2. The first-order chi connectivity index (χ1) is 19.0. The molecule has 0 saturated carbocycles. The zero-order valence-corrected chi connectivity index (χ0v) is 22.8. The second kappa shape index (κ2) is 12.9. The molecule has 1 unspecified atom stereocenters. The quantitative estimate of drug-likeness (QED) is 0.331. The van der Waals surface area contributed by atoms with E-state index in [-0.39, 0.29) is 11.7 Å². The summed E-state index contributed by atoms with van der Waals surface area (Å²) in [6, 6.07) is 28.5. The number of methoxy groups -OCH3 is 1. The van der Waals surface area contributed by atoms with Crippen LogP contribution in [0.4, 0.5) is 11.4 Å². The number of nitriles is 1. The van der Waals surface area contributed by atoms with E-state index in [0.717, 1.165) is 11.4 Å². The van der Waals surface area contributed by atoms with Crippen molar-refractivity contribution < 1.29 is 19.1 Å². The fourth-order valence-electron chi connectivity index (χ4n) is 4.51. The molecule has 0 aromatic heterocycles. The molecule has 198 valence electrons.